The number of nitrogens with zero attached hydrogens (tertiary/aromatic N) is 2. The maximum absolute atomic E-state index is 13.1. The predicted molar refractivity (Wildman–Crippen MR) is 83.3 cm³/mol. The van der Waals surface area contributed by atoms with Gasteiger partial charge < -0.3 is 4.74 Å². The molecule has 0 aliphatic carbocycles. The van der Waals surface area contributed by atoms with Gasteiger partial charge in [-0.3, -0.25) is 0 Å². The van der Waals surface area contributed by atoms with Gasteiger partial charge in [-0.2, -0.15) is 4.98 Å². The van der Waals surface area contributed by atoms with Gasteiger partial charge >= 0.3 is 0 Å². The van der Waals surface area contributed by atoms with Crippen molar-refractivity contribution < 1.29 is 9.13 Å². The van der Waals surface area contributed by atoms with Crippen molar-refractivity contribution in [1.82, 2.24) is 9.97 Å². The molecule has 2 aromatic heterocycles. The van der Waals surface area contributed by atoms with Crippen LogP contribution in [-0.2, 0) is 6.42 Å². The molecule has 0 saturated heterocycles. The molecule has 0 fully saturated rings. The average Bonchev–Trinajstić information content (AvgIpc) is 2.85. The van der Waals surface area contributed by atoms with Gasteiger partial charge in [-0.15, -0.1) is 11.3 Å². The highest BCUT2D eigenvalue weighted by atomic mass is 35.5. The van der Waals surface area contributed by atoms with Crippen molar-refractivity contribution in [3.63, 3.8) is 0 Å². The topological polar surface area (TPSA) is 35.0 Å². The van der Waals surface area contributed by atoms with E-state index >= 15 is 0 Å². The van der Waals surface area contributed by atoms with Crippen LogP contribution in [0.15, 0.2) is 24.3 Å². The molecule has 2 heterocycles. The molecule has 7 heteroatoms. The van der Waals surface area contributed by atoms with Gasteiger partial charge in [-0.25, -0.2) is 9.37 Å². The Bertz CT molecular complexity index is 822. The number of halogens is 3. The van der Waals surface area contributed by atoms with E-state index in [9.17, 15) is 4.39 Å². The van der Waals surface area contributed by atoms with Crippen molar-refractivity contribution in [1.29, 1.82) is 0 Å². The van der Waals surface area contributed by atoms with Crippen molar-refractivity contribution in [2.75, 3.05) is 0 Å². The number of hydrogen-bond acceptors (Lipinski definition) is 4. The molecule has 0 amide bonds. The molecule has 0 aliphatic rings. The summed E-state index contributed by atoms with van der Waals surface area (Å²) >= 11 is 13.4. The molecule has 3 nitrogen and oxygen atoms in total. The van der Waals surface area contributed by atoms with Crippen molar-refractivity contribution in [2.24, 2.45) is 0 Å². The van der Waals surface area contributed by atoms with Crippen LogP contribution in [0.5, 0.6) is 11.6 Å². The fraction of sp³-hybridized carbons (Fsp3) is 0.143. The Hall–Kier alpha value is -1.43. The number of fused-ring (bicyclic) bond motifs is 1. The second kappa shape index (κ2) is 5.75. The molecule has 0 spiro atoms. The molecular formula is C14H9Cl2FN2OS. The van der Waals surface area contributed by atoms with E-state index in [-0.39, 0.29) is 10.3 Å². The third-order valence-electron chi connectivity index (χ3n) is 2.83. The average molecular weight is 343 g/mol. The molecule has 3 rings (SSSR count). The lowest BCUT2D eigenvalue weighted by Crippen LogP contribution is -1.92. The standard InChI is InChI=1S/C14H9Cl2FN2OS/c1-2-8-6-9-12(18-14(16)19-13(9)21-8)20-11-4-3-7(17)5-10(11)15/h3-6H,2H2,1H3. The van der Waals surface area contributed by atoms with Crippen molar-refractivity contribution in [3.05, 3.63) is 45.3 Å². The molecule has 0 aliphatic heterocycles. The van der Waals surface area contributed by atoms with Crippen LogP contribution >= 0.6 is 34.5 Å². The molecule has 0 bridgehead atoms. The molecular weight excluding hydrogens is 334 g/mol. The number of thiophene rings is 1. The Morgan fingerprint density at radius 2 is 2.05 bits per heavy atom. The molecule has 0 atom stereocenters. The summed E-state index contributed by atoms with van der Waals surface area (Å²) in [6, 6.07) is 5.87. The van der Waals surface area contributed by atoms with E-state index in [2.05, 4.69) is 16.9 Å². The molecule has 1 aromatic carbocycles. The maximum Gasteiger partial charge on any atom is 0.232 e. The first-order chi connectivity index (χ1) is 10.1. The van der Waals surface area contributed by atoms with E-state index < -0.39 is 5.82 Å². The zero-order valence-electron chi connectivity index (χ0n) is 10.9. The number of ether oxygens (including phenoxy) is 1. The van der Waals surface area contributed by atoms with Crippen LogP contribution in [-0.4, -0.2) is 9.97 Å². The Balaban J connectivity index is 2.08. The van der Waals surface area contributed by atoms with E-state index in [1.54, 1.807) is 0 Å². The van der Waals surface area contributed by atoms with Gasteiger partial charge in [0.1, 0.15) is 16.4 Å². The van der Waals surface area contributed by atoms with Gasteiger partial charge in [0, 0.05) is 4.88 Å². The third kappa shape index (κ3) is 2.95. The number of aromatic nitrogens is 2. The zero-order valence-corrected chi connectivity index (χ0v) is 13.2. The van der Waals surface area contributed by atoms with Crippen LogP contribution in [0.25, 0.3) is 10.2 Å². The molecule has 0 saturated carbocycles. The molecule has 3 aromatic rings. The minimum absolute atomic E-state index is 0.0974. The maximum atomic E-state index is 13.1. The first-order valence-electron chi connectivity index (χ1n) is 6.15. The van der Waals surface area contributed by atoms with Gasteiger partial charge in [-0.05, 0) is 42.3 Å². The van der Waals surface area contributed by atoms with Crippen LogP contribution in [0.3, 0.4) is 0 Å². The zero-order chi connectivity index (χ0) is 15.0. The molecule has 0 radical (unpaired) electrons. The highest BCUT2D eigenvalue weighted by molar-refractivity contribution is 7.18. The van der Waals surface area contributed by atoms with E-state index in [1.165, 1.54) is 29.5 Å². The smallest absolute Gasteiger partial charge is 0.232 e. The van der Waals surface area contributed by atoms with Crippen LogP contribution in [0, 0.1) is 5.82 Å². The number of benzene rings is 1. The quantitative estimate of drug-likeness (QED) is 0.590. The fourth-order valence-electron chi connectivity index (χ4n) is 1.83. The first-order valence-corrected chi connectivity index (χ1v) is 7.73. The van der Waals surface area contributed by atoms with Gasteiger partial charge in [0.2, 0.25) is 11.2 Å². The minimum Gasteiger partial charge on any atom is -0.437 e. The first kappa shape index (κ1) is 14.5. The SMILES string of the molecule is CCc1cc2c(Oc3ccc(F)cc3Cl)nc(Cl)nc2s1. The number of rotatable bonds is 3. The summed E-state index contributed by atoms with van der Waals surface area (Å²) in [5.74, 6) is 0.204. The van der Waals surface area contributed by atoms with Crippen LogP contribution in [0.1, 0.15) is 11.8 Å². The summed E-state index contributed by atoms with van der Waals surface area (Å²) in [5, 5.41) is 1.03. The molecule has 0 unspecified atom stereocenters. The molecule has 21 heavy (non-hydrogen) atoms. The summed E-state index contributed by atoms with van der Waals surface area (Å²) in [7, 11) is 0. The lowest BCUT2D eigenvalue weighted by molar-refractivity contribution is 0.467. The molecule has 108 valence electrons. The lowest BCUT2D eigenvalue weighted by atomic mass is 10.3. The Kier molecular flexibility index (Phi) is 3.97. The predicted octanol–water partition coefficient (Wildman–Crippen LogP) is 5.49. The number of hydrogen-bond donors (Lipinski definition) is 0. The van der Waals surface area contributed by atoms with Crippen molar-refractivity contribution in [2.45, 2.75) is 13.3 Å². The lowest BCUT2D eigenvalue weighted by Gasteiger charge is -2.07. The summed E-state index contributed by atoms with van der Waals surface area (Å²) in [6.07, 6.45) is 0.884. The number of aryl methyl sites for hydroxylation is 1. The van der Waals surface area contributed by atoms with Gasteiger partial charge in [-0.1, -0.05) is 18.5 Å². The van der Waals surface area contributed by atoms with Gasteiger partial charge in [0.05, 0.1) is 10.4 Å². The van der Waals surface area contributed by atoms with Crippen molar-refractivity contribution in [3.8, 4) is 11.6 Å². The summed E-state index contributed by atoms with van der Waals surface area (Å²) in [6.45, 7) is 2.05. The van der Waals surface area contributed by atoms with Crippen LogP contribution < -0.4 is 4.74 Å². The second-order valence-electron chi connectivity index (χ2n) is 4.26. The Labute approximate surface area is 134 Å². The fourth-order valence-corrected chi connectivity index (χ4v) is 3.21. The van der Waals surface area contributed by atoms with Gasteiger partial charge in [0.15, 0.2) is 0 Å². The Morgan fingerprint density at radius 3 is 2.76 bits per heavy atom. The van der Waals surface area contributed by atoms with E-state index in [4.69, 9.17) is 27.9 Å². The second-order valence-corrected chi connectivity index (χ2v) is 6.12. The van der Waals surface area contributed by atoms with Crippen LogP contribution in [0.2, 0.25) is 10.3 Å². The summed E-state index contributed by atoms with van der Waals surface area (Å²) in [4.78, 5) is 10.2. The van der Waals surface area contributed by atoms with Crippen LogP contribution in [0.4, 0.5) is 4.39 Å². The van der Waals surface area contributed by atoms with E-state index in [0.29, 0.717) is 11.6 Å². The van der Waals surface area contributed by atoms with Crippen molar-refractivity contribution >= 4 is 44.8 Å². The monoisotopic (exact) mass is 342 g/mol. The Morgan fingerprint density at radius 1 is 1.24 bits per heavy atom. The summed E-state index contributed by atoms with van der Waals surface area (Å²) in [5.41, 5.74) is 0. The minimum atomic E-state index is -0.429. The largest absolute Gasteiger partial charge is 0.437 e. The van der Waals surface area contributed by atoms with E-state index in [0.717, 1.165) is 21.5 Å². The third-order valence-corrected chi connectivity index (χ3v) is 4.47. The van der Waals surface area contributed by atoms with E-state index in [1.807, 2.05) is 6.07 Å². The highest BCUT2D eigenvalue weighted by Gasteiger charge is 2.14. The molecule has 0 N–H and O–H groups in total. The highest BCUT2D eigenvalue weighted by Crippen LogP contribution is 2.36. The normalized spacial score (nSPS) is 11.0. The summed E-state index contributed by atoms with van der Waals surface area (Å²) < 4.78 is 18.8. The van der Waals surface area contributed by atoms with Gasteiger partial charge in [0.25, 0.3) is 0 Å².